The van der Waals surface area contributed by atoms with Crippen molar-refractivity contribution in [2.45, 2.75) is 6.04 Å². The molecule has 1 amide bonds. The molecule has 1 saturated heterocycles. The van der Waals surface area contributed by atoms with Gasteiger partial charge in [0.1, 0.15) is 17.9 Å². The zero-order valence-corrected chi connectivity index (χ0v) is 10.6. The first-order valence-electron chi connectivity index (χ1n) is 5.89. The molecule has 0 bridgehead atoms. The molecule has 1 aliphatic heterocycles. The molecule has 1 fully saturated rings. The highest BCUT2D eigenvalue weighted by Crippen LogP contribution is 2.23. The van der Waals surface area contributed by atoms with Crippen molar-refractivity contribution in [2.75, 3.05) is 37.4 Å². The van der Waals surface area contributed by atoms with Crippen LogP contribution in [0.1, 0.15) is 5.56 Å². The lowest BCUT2D eigenvalue weighted by Gasteiger charge is -2.35. The van der Waals surface area contributed by atoms with Gasteiger partial charge in [-0.15, -0.1) is 0 Å². The summed E-state index contributed by atoms with van der Waals surface area (Å²) in [6, 6.07) is 3.12. The molecule has 19 heavy (non-hydrogen) atoms. The van der Waals surface area contributed by atoms with Gasteiger partial charge in [0.2, 0.25) is 5.91 Å². The molecule has 0 aliphatic carbocycles. The minimum absolute atomic E-state index is 0.165. The summed E-state index contributed by atoms with van der Waals surface area (Å²) in [6.07, 6.45) is 1.48. The van der Waals surface area contributed by atoms with E-state index in [0.29, 0.717) is 30.2 Å². The number of nitriles is 1. The van der Waals surface area contributed by atoms with E-state index in [1.165, 1.54) is 6.20 Å². The number of nitrogens with zero attached hydrogens (tertiary/aromatic N) is 3. The van der Waals surface area contributed by atoms with Crippen LogP contribution in [0.25, 0.3) is 0 Å². The fourth-order valence-electron chi connectivity index (χ4n) is 2.03. The number of morpholine rings is 1. The maximum atomic E-state index is 11.8. The zero-order valence-electron chi connectivity index (χ0n) is 10.6. The van der Waals surface area contributed by atoms with Crippen molar-refractivity contribution in [2.24, 2.45) is 0 Å². The van der Waals surface area contributed by atoms with Crippen LogP contribution < -0.4 is 16.0 Å². The van der Waals surface area contributed by atoms with Crippen LogP contribution >= 0.6 is 0 Å². The summed E-state index contributed by atoms with van der Waals surface area (Å²) in [7, 11) is 1.57. The average Bonchev–Trinajstić information content (AvgIpc) is 2.46. The van der Waals surface area contributed by atoms with Crippen LogP contribution in [0.5, 0.6) is 0 Å². The molecule has 1 aliphatic rings. The second-order valence-electron chi connectivity index (χ2n) is 4.15. The third-order valence-electron chi connectivity index (χ3n) is 2.96. The van der Waals surface area contributed by atoms with E-state index < -0.39 is 6.04 Å². The summed E-state index contributed by atoms with van der Waals surface area (Å²) in [6.45, 7) is 1.27. The Morgan fingerprint density at radius 1 is 1.74 bits per heavy atom. The molecular weight excluding hydrogens is 246 g/mol. The number of hydrogen-bond acceptors (Lipinski definition) is 6. The normalized spacial score (nSPS) is 18.7. The molecule has 7 heteroatoms. The van der Waals surface area contributed by atoms with Gasteiger partial charge >= 0.3 is 0 Å². The first-order chi connectivity index (χ1) is 9.17. The van der Waals surface area contributed by atoms with E-state index in [1.807, 2.05) is 0 Å². The maximum Gasteiger partial charge on any atom is 0.244 e. The molecular formula is C12H15N5O2. The van der Waals surface area contributed by atoms with Crippen molar-refractivity contribution in [1.29, 1.82) is 5.26 Å². The molecule has 2 rings (SSSR count). The topological polar surface area (TPSA) is 104 Å². The standard InChI is InChI=1S/C12H15N5O2/c1-15-12(18)10-7-19-3-2-17(10)11-8(5-13)4-9(14)6-16-11/h4,6,10H,2-3,7,14H2,1H3,(H,15,18). The lowest BCUT2D eigenvalue weighted by atomic mass is 10.1. The average molecular weight is 261 g/mol. The van der Waals surface area contributed by atoms with E-state index in [2.05, 4.69) is 16.4 Å². The number of aromatic nitrogens is 1. The highest BCUT2D eigenvalue weighted by molar-refractivity contribution is 5.85. The van der Waals surface area contributed by atoms with Crippen molar-refractivity contribution in [3.63, 3.8) is 0 Å². The Bertz CT molecular complexity index is 525. The number of rotatable bonds is 2. The summed E-state index contributed by atoms with van der Waals surface area (Å²) in [5.74, 6) is 0.302. The predicted octanol–water partition coefficient (Wildman–Crippen LogP) is -0.513. The second-order valence-corrected chi connectivity index (χ2v) is 4.15. The molecule has 0 saturated carbocycles. The molecule has 1 aromatic heterocycles. The van der Waals surface area contributed by atoms with Gasteiger partial charge in [0, 0.05) is 13.6 Å². The van der Waals surface area contributed by atoms with Crippen molar-refractivity contribution >= 4 is 17.4 Å². The van der Waals surface area contributed by atoms with Crippen molar-refractivity contribution in [3.8, 4) is 6.07 Å². The van der Waals surface area contributed by atoms with Crippen molar-refractivity contribution in [1.82, 2.24) is 10.3 Å². The lowest BCUT2D eigenvalue weighted by molar-refractivity contribution is -0.124. The van der Waals surface area contributed by atoms with E-state index in [0.717, 1.165) is 0 Å². The van der Waals surface area contributed by atoms with Crippen LogP contribution in [0.4, 0.5) is 11.5 Å². The Morgan fingerprint density at radius 3 is 3.21 bits per heavy atom. The number of carbonyl (C=O) groups is 1. The number of amides is 1. The third kappa shape index (κ3) is 2.58. The highest BCUT2D eigenvalue weighted by Gasteiger charge is 2.31. The van der Waals surface area contributed by atoms with Crippen LogP contribution in [0, 0.1) is 11.3 Å². The van der Waals surface area contributed by atoms with Gasteiger partial charge in [0.05, 0.1) is 30.7 Å². The number of hydrogen-bond donors (Lipinski definition) is 2. The molecule has 0 radical (unpaired) electrons. The molecule has 100 valence electrons. The van der Waals surface area contributed by atoms with Gasteiger partial charge < -0.3 is 20.7 Å². The highest BCUT2D eigenvalue weighted by atomic mass is 16.5. The van der Waals surface area contributed by atoms with E-state index in [-0.39, 0.29) is 12.5 Å². The van der Waals surface area contributed by atoms with Crippen molar-refractivity contribution in [3.05, 3.63) is 17.8 Å². The molecule has 7 nitrogen and oxygen atoms in total. The summed E-state index contributed by atoms with van der Waals surface area (Å²) in [5.41, 5.74) is 6.40. The Kier molecular flexibility index (Phi) is 3.82. The van der Waals surface area contributed by atoms with E-state index in [4.69, 9.17) is 15.7 Å². The minimum Gasteiger partial charge on any atom is -0.397 e. The van der Waals surface area contributed by atoms with Crippen LogP contribution in [-0.4, -0.2) is 43.7 Å². The summed E-state index contributed by atoms with van der Waals surface area (Å²) < 4.78 is 5.32. The number of likely N-dealkylation sites (N-methyl/N-ethyl adjacent to an activating group) is 1. The molecule has 0 spiro atoms. The van der Waals surface area contributed by atoms with Crippen LogP contribution in [-0.2, 0) is 9.53 Å². The molecule has 0 aromatic carbocycles. The summed E-state index contributed by atoms with van der Waals surface area (Å²) in [5, 5.41) is 11.7. The van der Waals surface area contributed by atoms with Gasteiger partial charge in [0.25, 0.3) is 0 Å². The number of nitrogen functional groups attached to an aromatic ring is 1. The Labute approximate surface area is 111 Å². The first-order valence-corrected chi connectivity index (χ1v) is 5.89. The summed E-state index contributed by atoms with van der Waals surface area (Å²) >= 11 is 0. The Hall–Kier alpha value is -2.33. The van der Waals surface area contributed by atoms with Crippen LogP contribution in [0.3, 0.4) is 0 Å². The Morgan fingerprint density at radius 2 is 2.53 bits per heavy atom. The number of ether oxygens (including phenoxy) is 1. The smallest absolute Gasteiger partial charge is 0.244 e. The monoisotopic (exact) mass is 261 g/mol. The third-order valence-corrected chi connectivity index (χ3v) is 2.96. The first kappa shape index (κ1) is 13.1. The summed E-state index contributed by atoms with van der Waals surface area (Å²) in [4.78, 5) is 17.8. The number of nitrogens with two attached hydrogens (primary N) is 1. The van der Waals surface area contributed by atoms with E-state index >= 15 is 0 Å². The van der Waals surface area contributed by atoms with Crippen LogP contribution in [0.2, 0.25) is 0 Å². The van der Waals surface area contributed by atoms with E-state index in [1.54, 1.807) is 18.0 Å². The SMILES string of the molecule is CNC(=O)C1COCCN1c1ncc(N)cc1C#N. The molecule has 1 unspecified atom stereocenters. The zero-order chi connectivity index (χ0) is 13.8. The van der Waals surface area contributed by atoms with Crippen LogP contribution in [0.15, 0.2) is 12.3 Å². The fourth-order valence-corrected chi connectivity index (χ4v) is 2.03. The predicted molar refractivity (Wildman–Crippen MR) is 69.4 cm³/mol. The second kappa shape index (κ2) is 5.54. The minimum atomic E-state index is -0.484. The maximum absolute atomic E-state index is 11.8. The number of carbonyl (C=O) groups excluding carboxylic acids is 1. The van der Waals surface area contributed by atoms with Crippen molar-refractivity contribution < 1.29 is 9.53 Å². The van der Waals surface area contributed by atoms with Gasteiger partial charge in [0.15, 0.2) is 0 Å². The molecule has 1 atom stereocenters. The van der Waals surface area contributed by atoms with E-state index in [9.17, 15) is 4.79 Å². The molecule has 2 heterocycles. The largest absolute Gasteiger partial charge is 0.397 e. The molecule has 3 N–H and O–H groups in total. The van der Waals surface area contributed by atoms with Gasteiger partial charge in [-0.25, -0.2) is 4.98 Å². The Balaban J connectivity index is 2.38. The van der Waals surface area contributed by atoms with Gasteiger partial charge in [-0.1, -0.05) is 0 Å². The fraction of sp³-hybridized carbons (Fsp3) is 0.417. The van der Waals surface area contributed by atoms with Gasteiger partial charge in [-0.3, -0.25) is 4.79 Å². The number of nitrogens with one attached hydrogen (secondary N) is 1. The quantitative estimate of drug-likeness (QED) is 0.742. The van der Waals surface area contributed by atoms with Gasteiger partial charge in [-0.2, -0.15) is 5.26 Å². The number of anilines is 2. The lowest BCUT2D eigenvalue weighted by Crippen LogP contribution is -2.53. The number of pyridine rings is 1. The molecule has 1 aromatic rings. The van der Waals surface area contributed by atoms with Gasteiger partial charge in [-0.05, 0) is 6.07 Å².